The Balaban J connectivity index is 2.40. The molecule has 56 valence electrons. The molecular weight excluding hydrogens is 136 g/mol. The molecule has 1 N–H and O–H groups in total. The Bertz CT molecular complexity index is 279. The van der Waals surface area contributed by atoms with Crippen LogP contribution in [0.1, 0.15) is 5.56 Å². The molecule has 0 saturated heterocycles. The van der Waals surface area contributed by atoms with Crippen molar-refractivity contribution in [2.24, 2.45) is 4.99 Å². The number of nitrogens with one attached hydrogen (secondary N) is 1. The first-order valence-corrected chi connectivity index (χ1v) is 3.77. The largest absolute Gasteiger partial charge is 0.380 e. The lowest BCUT2D eigenvalue weighted by Crippen LogP contribution is -2.00. The first kappa shape index (κ1) is 6.40. The summed E-state index contributed by atoms with van der Waals surface area (Å²) < 4.78 is 0. The molecule has 2 rings (SSSR count). The van der Waals surface area contributed by atoms with Crippen LogP contribution >= 0.6 is 0 Å². The number of benzene rings is 1. The minimum absolute atomic E-state index is 0.809. The van der Waals surface area contributed by atoms with Gasteiger partial charge in [0.15, 0.2) is 0 Å². The van der Waals surface area contributed by atoms with E-state index in [9.17, 15) is 0 Å². The molecule has 2 nitrogen and oxygen atoms in total. The number of anilines is 1. The average molecular weight is 146 g/mol. The highest BCUT2D eigenvalue weighted by Crippen LogP contribution is 2.16. The smallest absolute Gasteiger partial charge is 0.0656 e. The molecule has 0 atom stereocenters. The molecule has 0 spiro atoms. The molecule has 0 unspecified atom stereocenters. The van der Waals surface area contributed by atoms with Crippen molar-refractivity contribution in [3.63, 3.8) is 0 Å². The topological polar surface area (TPSA) is 24.4 Å². The zero-order chi connectivity index (χ0) is 7.52. The van der Waals surface area contributed by atoms with Crippen molar-refractivity contribution in [3.05, 3.63) is 29.8 Å². The van der Waals surface area contributed by atoms with Gasteiger partial charge in [-0.3, -0.25) is 4.99 Å². The summed E-state index contributed by atoms with van der Waals surface area (Å²) in [6.07, 6.45) is 1.92. The Hall–Kier alpha value is -1.31. The first-order chi connectivity index (χ1) is 5.47. The number of fused-ring (bicyclic) bond motifs is 1. The highest BCUT2D eigenvalue weighted by atomic mass is 14.9. The van der Waals surface area contributed by atoms with Gasteiger partial charge in [-0.2, -0.15) is 0 Å². The molecule has 0 aromatic heterocycles. The fourth-order valence-corrected chi connectivity index (χ4v) is 1.21. The fraction of sp³-hybridized carbons (Fsp3) is 0.222. The van der Waals surface area contributed by atoms with Crippen molar-refractivity contribution in [1.29, 1.82) is 0 Å². The molecule has 0 saturated carbocycles. The Labute approximate surface area is 66.0 Å². The minimum Gasteiger partial charge on any atom is -0.380 e. The molecule has 2 heteroatoms. The summed E-state index contributed by atoms with van der Waals surface area (Å²) >= 11 is 0. The summed E-state index contributed by atoms with van der Waals surface area (Å²) in [4.78, 5) is 4.22. The van der Waals surface area contributed by atoms with Crippen LogP contribution in [0.25, 0.3) is 0 Å². The summed E-state index contributed by atoms with van der Waals surface area (Å²) in [5.74, 6) is 0. The maximum absolute atomic E-state index is 4.22. The third kappa shape index (κ3) is 1.24. The zero-order valence-electron chi connectivity index (χ0n) is 6.25. The Morgan fingerprint density at radius 2 is 2.18 bits per heavy atom. The standard InChI is InChI=1S/C9H10N2/c1-2-4-9-8(3-1)7-10-5-6-11-9/h1-5,11H,6-7H2. The molecule has 11 heavy (non-hydrogen) atoms. The quantitative estimate of drug-likeness (QED) is 0.591. The summed E-state index contributed by atoms with van der Waals surface area (Å²) in [7, 11) is 0. The molecule has 1 aliphatic rings. The summed E-state index contributed by atoms with van der Waals surface area (Å²) in [6, 6.07) is 8.27. The Kier molecular flexibility index (Phi) is 1.60. The van der Waals surface area contributed by atoms with E-state index in [0.717, 1.165) is 13.1 Å². The van der Waals surface area contributed by atoms with Gasteiger partial charge in [0, 0.05) is 18.4 Å². The third-order valence-corrected chi connectivity index (χ3v) is 1.79. The Morgan fingerprint density at radius 3 is 3.18 bits per heavy atom. The van der Waals surface area contributed by atoms with Crippen molar-refractivity contribution in [2.45, 2.75) is 6.54 Å². The van der Waals surface area contributed by atoms with E-state index in [1.54, 1.807) is 0 Å². The van der Waals surface area contributed by atoms with Crippen molar-refractivity contribution in [2.75, 3.05) is 11.9 Å². The van der Waals surface area contributed by atoms with Crippen LogP contribution in [-0.2, 0) is 6.54 Å². The molecule has 1 aromatic rings. The van der Waals surface area contributed by atoms with Crippen LogP contribution in [0.5, 0.6) is 0 Å². The highest BCUT2D eigenvalue weighted by molar-refractivity contribution is 5.68. The summed E-state index contributed by atoms with van der Waals surface area (Å²) in [5, 5.41) is 3.28. The van der Waals surface area contributed by atoms with E-state index in [2.05, 4.69) is 22.4 Å². The number of aliphatic imine (C=N–C) groups is 1. The molecular formula is C9H10N2. The molecule has 0 aliphatic carbocycles. The van der Waals surface area contributed by atoms with E-state index in [4.69, 9.17) is 0 Å². The maximum atomic E-state index is 4.22. The van der Waals surface area contributed by atoms with Gasteiger partial charge in [0.25, 0.3) is 0 Å². The van der Waals surface area contributed by atoms with E-state index in [1.165, 1.54) is 11.3 Å². The van der Waals surface area contributed by atoms with Crippen molar-refractivity contribution in [3.8, 4) is 0 Å². The number of hydrogen-bond acceptors (Lipinski definition) is 2. The summed E-state index contributed by atoms with van der Waals surface area (Å²) in [6.45, 7) is 1.65. The second-order valence-corrected chi connectivity index (χ2v) is 2.56. The van der Waals surface area contributed by atoms with Crippen LogP contribution in [0.2, 0.25) is 0 Å². The average Bonchev–Trinajstić information content (AvgIpc) is 2.28. The molecule has 1 aliphatic heterocycles. The van der Waals surface area contributed by atoms with Gasteiger partial charge in [-0.05, 0) is 11.6 Å². The van der Waals surface area contributed by atoms with E-state index < -0.39 is 0 Å². The summed E-state index contributed by atoms with van der Waals surface area (Å²) in [5.41, 5.74) is 2.49. The van der Waals surface area contributed by atoms with E-state index >= 15 is 0 Å². The number of hydrogen-bond donors (Lipinski definition) is 1. The third-order valence-electron chi connectivity index (χ3n) is 1.79. The molecule has 0 fully saturated rings. The normalized spacial score (nSPS) is 14.9. The fourth-order valence-electron chi connectivity index (χ4n) is 1.21. The molecule has 1 heterocycles. The van der Waals surface area contributed by atoms with Crippen LogP contribution in [0, 0.1) is 0 Å². The van der Waals surface area contributed by atoms with Crippen LogP contribution in [0.15, 0.2) is 29.3 Å². The number of rotatable bonds is 0. The molecule has 1 aromatic carbocycles. The first-order valence-electron chi connectivity index (χ1n) is 3.77. The van der Waals surface area contributed by atoms with Gasteiger partial charge in [-0.25, -0.2) is 0 Å². The van der Waals surface area contributed by atoms with Crippen molar-refractivity contribution < 1.29 is 0 Å². The number of para-hydroxylation sites is 1. The lowest BCUT2D eigenvalue weighted by atomic mass is 10.2. The Morgan fingerprint density at radius 1 is 1.27 bits per heavy atom. The predicted molar refractivity (Wildman–Crippen MR) is 47.1 cm³/mol. The van der Waals surface area contributed by atoms with Gasteiger partial charge >= 0.3 is 0 Å². The molecule has 0 radical (unpaired) electrons. The predicted octanol–water partition coefficient (Wildman–Crippen LogP) is 1.68. The SMILES string of the molecule is C1=NCc2ccccc2NC1. The zero-order valence-corrected chi connectivity index (χ0v) is 6.25. The monoisotopic (exact) mass is 146 g/mol. The van der Waals surface area contributed by atoms with Gasteiger partial charge in [0.2, 0.25) is 0 Å². The lowest BCUT2D eigenvalue weighted by molar-refractivity contribution is 1.09. The van der Waals surface area contributed by atoms with E-state index in [0.29, 0.717) is 0 Å². The van der Waals surface area contributed by atoms with Gasteiger partial charge in [-0.15, -0.1) is 0 Å². The highest BCUT2D eigenvalue weighted by Gasteiger charge is 2.00. The van der Waals surface area contributed by atoms with Crippen molar-refractivity contribution in [1.82, 2.24) is 0 Å². The van der Waals surface area contributed by atoms with E-state index in [1.807, 2.05) is 18.3 Å². The van der Waals surface area contributed by atoms with Gasteiger partial charge in [0.1, 0.15) is 0 Å². The second kappa shape index (κ2) is 2.74. The van der Waals surface area contributed by atoms with Gasteiger partial charge < -0.3 is 5.32 Å². The molecule has 0 amide bonds. The molecule has 0 bridgehead atoms. The van der Waals surface area contributed by atoms with Crippen LogP contribution in [-0.4, -0.2) is 12.8 Å². The lowest BCUT2D eigenvalue weighted by Gasteiger charge is -2.04. The number of nitrogens with zero attached hydrogens (tertiary/aromatic N) is 1. The van der Waals surface area contributed by atoms with Crippen LogP contribution in [0.3, 0.4) is 0 Å². The van der Waals surface area contributed by atoms with Crippen LogP contribution < -0.4 is 5.32 Å². The maximum Gasteiger partial charge on any atom is 0.0656 e. The van der Waals surface area contributed by atoms with Crippen molar-refractivity contribution >= 4 is 11.9 Å². The van der Waals surface area contributed by atoms with Gasteiger partial charge in [0.05, 0.1) is 6.54 Å². The minimum atomic E-state index is 0.809. The van der Waals surface area contributed by atoms with Gasteiger partial charge in [-0.1, -0.05) is 18.2 Å². The van der Waals surface area contributed by atoms with E-state index in [-0.39, 0.29) is 0 Å². The second-order valence-electron chi connectivity index (χ2n) is 2.56. The van der Waals surface area contributed by atoms with Crippen LogP contribution in [0.4, 0.5) is 5.69 Å².